The Labute approximate surface area is 144 Å². The quantitative estimate of drug-likeness (QED) is 0.784. The van der Waals surface area contributed by atoms with Gasteiger partial charge < -0.3 is 15.2 Å². The van der Waals surface area contributed by atoms with E-state index in [0.717, 1.165) is 17.7 Å². The standard InChI is InChI=1S/C16H18N4O3.ClH/c21-14(19-7-10-5-17-6-11(10)8-19)9-20-15(22)12-3-1-2-4-13(12)18-16(20)23;/h1-4,10-11,17H,5-9H2,(H,18,23);1H/t10-,11+;. The van der Waals surface area contributed by atoms with Crippen LogP contribution in [0.3, 0.4) is 0 Å². The molecule has 0 unspecified atom stereocenters. The number of rotatable bonds is 2. The molecule has 0 aliphatic carbocycles. The molecule has 0 spiro atoms. The first-order chi connectivity index (χ1) is 11.1. The van der Waals surface area contributed by atoms with Crippen LogP contribution in [0.25, 0.3) is 10.9 Å². The molecule has 7 nitrogen and oxygen atoms in total. The van der Waals surface area contributed by atoms with E-state index < -0.39 is 11.2 Å². The van der Waals surface area contributed by atoms with Crippen molar-refractivity contribution >= 4 is 29.2 Å². The van der Waals surface area contributed by atoms with Crippen molar-refractivity contribution in [3.63, 3.8) is 0 Å². The van der Waals surface area contributed by atoms with Crippen molar-refractivity contribution in [2.24, 2.45) is 11.8 Å². The van der Waals surface area contributed by atoms with Gasteiger partial charge in [0.25, 0.3) is 5.56 Å². The van der Waals surface area contributed by atoms with Crippen LogP contribution in [0.1, 0.15) is 0 Å². The van der Waals surface area contributed by atoms with E-state index in [9.17, 15) is 14.4 Å². The van der Waals surface area contributed by atoms with Crippen LogP contribution in [0.15, 0.2) is 33.9 Å². The minimum Gasteiger partial charge on any atom is -0.340 e. The normalized spacial score (nSPS) is 22.4. The van der Waals surface area contributed by atoms with Crippen LogP contribution in [-0.4, -0.2) is 46.5 Å². The highest BCUT2D eigenvalue weighted by Crippen LogP contribution is 2.26. The number of aromatic amines is 1. The van der Waals surface area contributed by atoms with Crippen LogP contribution in [0.5, 0.6) is 0 Å². The van der Waals surface area contributed by atoms with Crippen LogP contribution < -0.4 is 16.6 Å². The van der Waals surface area contributed by atoms with E-state index in [4.69, 9.17) is 0 Å². The van der Waals surface area contributed by atoms with Gasteiger partial charge >= 0.3 is 5.69 Å². The van der Waals surface area contributed by atoms with E-state index in [1.165, 1.54) is 0 Å². The van der Waals surface area contributed by atoms with Gasteiger partial charge in [-0.1, -0.05) is 12.1 Å². The molecular formula is C16H19ClN4O3. The molecule has 8 heteroatoms. The second-order valence-electron chi connectivity index (χ2n) is 6.34. The Hall–Kier alpha value is -2.12. The summed E-state index contributed by atoms with van der Waals surface area (Å²) in [6, 6.07) is 6.83. The van der Waals surface area contributed by atoms with Gasteiger partial charge in [0.05, 0.1) is 10.9 Å². The minimum atomic E-state index is -0.539. The van der Waals surface area contributed by atoms with E-state index >= 15 is 0 Å². The number of carbonyl (C=O) groups excluding carboxylic acids is 1. The maximum absolute atomic E-state index is 12.5. The zero-order valence-corrected chi connectivity index (χ0v) is 13.8. The van der Waals surface area contributed by atoms with Crippen molar-refractivity contribution < 1.29 is 4.79 Å². The first kappa shape index (κ1) is 16.7. The molecule has 2 N–H and O–H groups in total. The Bertz CT molecular complexity index is 879. The Balaban J connectivity index is 0.00000169. The van der Waals surface area contributed by atoms with Crippen molar-refractivity contribution in [1.29, 1.82) is 0 Å². The Morgan fingerprint density at radius 1 is 1.12 bits per heavy atom. The van der Waals surface area contributed by atoms with Crippen LogP contribution in [-0.2, 0) is 11.3 Å². The van der Waals surface area contributed by atoms with E-state index in [1.54, 1.807) is 29.2 Å². The van der Waals surface area contributed by atoms with Gasteiger partial charge in [0, 0.05) is 26.2 Å². The molecule has 2 fully saturated rings. The maximum atomic E-state index is 12.5. The van der Waals surface area contributed by atoms with Gasteiger partial charge in [-0.25, -0.2) is 4.79 Å². The molecular weight excluding hydrogens is 332 g/mol. The second-order valence-corrected chi connectivity index (χ2v) is 6.34. The third-order valence-electron chi connectivity index (χ3n) is 4.92. The monoisotopic (exact) mass is 350 g/mol. The van der Waals surface area contributed by atoms with E-state index in [-0.39, 0.29) is 24.9 Å². The van der Waals surface area contributed by atoms with Crippen molar-refractivity contribution in [3.8, 4) is 0 Å². The van der Waals surface area contributed by atoms with E-state index in [0.29, 0.717) is 35.8 Å². The summed E-state index contributed by atoms with van der Waals surface area (Å²) in [6.07, 6.45) is 0. The summed E-state index contributed by atoms with van der Waals surface area (Å²) in [5, 5.41) is 3.74. The van der Waals surface area contributed by atoms with Gasteiger partial charge in [-0.15, -0.1) is 12.4 Å². The first-order valence-corrected chi connectivity index (χ1v) is 7.84. The lowest BCUT2D eigenvalue weighted by atomic mass is 10.0. The summed E-state index contributed by atoms with van der Waals surface area (Å²) in [7, 11) is 0. The lowest BCUT2D eigenvalue weighted by Crippen LogP contribution is -2.42. The number of para-hydroxylation sites is 1. The predicted molar refractivity (Wildman–Crippen MR) is 92.5 cm³/mol. The number of hydrogen-bond acceptors (Lipinski definition) is 4. The lowest BCUT2D eigenvalue weighted by Gasteiger charge is -2.18. The van der Waals surface area contributed by atoms with Crippen molar-refractivity contribution in [2.75, 3.05) is 26.2 Å². The summed E-state index contributed by atoms with van der Waals surface area (Å²) in [5.74, 6) is 0.818. The van der Waals surface area contributed by atoms with Gasteiger partial charge in [-0.2, -0.15) is 0 Å². The number of amides is 1. The summed E-state index contributed by atoms with van der Waals surface area (Å²) >= 11 is 0. The summed E-state index contributed by atoms with van der Waals surface area (Å²) in [5.41, 5.74) is -0.463. The van der Waals surface area contributed by atoms with Crippen LogP contribution in [0.4, 0.5) is 0 Å². The molecule has 24 heavy (non-hydrogen) atoms. The van der Waals surface area contributed by atoms with Crippen molar-refractivity contribution in [2.45, 2.75) is 6.54 Å². The first-order valence-electron chi connectivity index (χ1n) is 7.84. The highest BCUT2D eigenvalue weighted by molar-refractivity contribution is 5.85. The zero-order valence-electron chi connectivity index (χ0n) is 13.0. The number of benzene rings is 1. The number of aromatic nitrogens is 2. The third-order valence-corrected chi connectivity index (χ3v) is 4.92. The molecule has 0 radical (unpaired) electrons. The number of H-pyrrole nitrogens is 1. The van der Waals surface area contributed by atoms with Gasteiger partial charge in [-0.05, 0) is 24.0 Å². The highest BCUT2D eigenvalue weighted by Gasteiger charge is 2.38. The number of nitrogens with zero attached hydrogens (tertiary/aromatic N) is 2. The average molecular weight is 351 g/mol. The van der Waals surface area contributed by atoms with Crippen molar-refractivity contribution in [1.82, 2.24) is 19.8 Å². The highest BCUT2D eigenvalue weighted by atomic mass is 35.5. The Morgan fingerprint density at radius 3 is 2.50 bits per heavy atom. The van der Waals surface area contributed by atoms with Gasteiger partial charge in [0.1, 0.15) is 6.54 Å². The fraction of sp³-hybridized carbons (Fsp3) is 0.438. The predicted octanol–water partition coefficient (Wildman–Crippen LogP) is -0.211. The molecule has 2 saturated heterocycles. The third kappa shape index (κ3) is 2.74. The average Bonchev–Trinajstić information content (AvgIpc) is 3.12. The van der Waals surface area contributed by atoms with Crippen LogP contribution >= 0.6 is 12.4 Å². The largest absolute Gasteiger partial charge is 0.340 e. The van der Waals surface area contributed by atoms with E-state index in [1.807, 2.05) is 0 Å². The summed E-state index contributed by atoms with van der Waals surface area (Å²) in [6.45, 7) is 3.08. The maximum Gasteiger partial charge on any atom is 0.329 e. The molecule has 3 heterocycles. The molecule has 2 aliphatic rings. The molecule has 1 aromatic heterocycles. The molecule has 0 saturated carbocycles. The summed E-state index contributed by atoms with van der Waals surface area (Å²) < 4.78 is 0.997. The smallest absolute Gasteiger partial charge is 0.329 e. The van der Waals surface area contributed by atoms with Crippen molar-refractivity contribution in [3.05, 3.63) is 45.1 Å². The topological polar surface area (TPSA) is 87.2 Å². The van der Waals surface area contributed by atoms with Gasteiger partial charge in [-0.3, -0.25) is 14.2 Å². The minimum absolute atomic E-state index is 0. The molecule has 128 valence electrons. The summed E-state index contributed by atoms with van der Waals surface area (Å²) in [4.78, 5) is 41.5. The fourth-order valence-corrected chi connectivity index (χ4v) is 3.64. The molecule has 1 aromatic carbocycles. The number of likely N-dealkylation sites (tertiary alicyclic amines) is 1. The number of fused-ring (bicyclic) bond motifs is 2. The lowest BCUT2D eigenvalue weighted by molar-refractivity contribution is -0.131. The number of carbonyl (C=O) groups is 1. The number of halogens is 1. The van der Waals surface area contributed by atoms with Gasteiger partial charge in [0.15, 0.2) is 0 Å². The van der Waals surface area contributed by atoms with Crippen LogP contribution in [0, 0.1) is 11.8 Å². The van der Waals surface area contributed by atoms with E-state index in [2.05, 4.69) is 10.3 Å². The molecule has 2 aromatic rings. The molecule has 0 bridgehead atoms. The molecule has 2 atom stereocenters. The zero-order chi connectivity index (χ0) is 16.0. The SMILES string of the molecule is Cl.O=C(Cn1c(=O)[nH]c2ccccc2c1=O)N1C[C@H]2CNC[C@H]2C1. The number of hydrogen-bond donors (Lipinski definition) is 2. The van der Waals surface area contributed by atoms with Gasteiger partial charge in [0.2, 0.25) is 5.91 Å². The molecule has 4 rings (SSSR count). The molecule has 1 amide bonds. The van der Waals surface area contributed by atoms with Crippen LogP contribution in [0.2, 0.25) is 0 Å². The fourth-order valence-electron chi connectivity index (χ4n) is 3.64. The second kappa shape index (κ2) is 6.41. The Morgan fingerprint density at radius 2 is 1.79 bits per heavy atom. The molecule has 2 aliphatic heterocycles. The Kier molecular flexibility index (Phi) is 4.47. The number of nitrogens with one attached hydrogen (secondary N) is 2.